The minimum atomic E-state index is -3.43. The Labute approximate surface area is 122 Å². The first-order chi connectivity index (χ1) is 9.44. The summed E-state index contributed by atoms with van der Waals surface area (Å²) in [4.78, 5) is 0.412. The van der Waals surface area contributed by atoms with Crippen molar-refractivity contribution in [2.75, 3.05) is 7.05 Å². The van der Waals surface area contributed by atoms with Gasteiger partial charge in [0.2, 0.25) is 10.0 Å². The van der Waals surface area contributed by atoms with Crippen LogP contribution in [0, 0.1) is 5.92 Å². The molecular weight excluding hydrogens is 272 g/mol. The number of rotatable bonds is 7. The van der Waals surface area contributed by atoms with Gasteiger partial charge in [-0.25, -0.2) is 13.1 Å². The zero-order valence-corrected chi connectivity index (χ0v) is 13.2. The van der Waals surface area contributed by atoms with Crippen molar-refractivity contribution in [2.24, 2.45) is 5.92 Å². The van der Waals surface area contributed by atoms with E-state index in [9.17, 15) is 8.42 Å². The summed E-state index contributed by atoms with van der Waals surface area (Å²) < 4.78 is 27.4. The van der Waals surface area contributed by atoms with Crippen molar-refractivity contribution in [3.63, 3.8) is 0 Å². The molecule has 20 heavy (non-hydrogen) atoms. The highest BCUT2D eigenvalue weighted by Crippen LogP contribution is 2.34. The van der Waals surface area contributed by atoms with Crippen LogP contribution >= 0.6 is 0 Å². The summed E-state index contributed by atoms with van der Waals surface area (Å²) in [6.07, 6.45) is 3.24. The van der Waals surface area contributed by atoms with Crippen LogP contribution in [0.15, 0.2) is 29.2 Å². The fourth-order valence-corrected chi connectivity index (χ4v) is 4.05. The van der Waals surface area contributed by atoms with E-state index in [0.717, 1.165) is 12.0 Å². The van der Waals surface area contributed by atoms with Gasteiger partial charge in [0, 0.05) is 12.1 Å². The summed E-state index contributed by atoms with van der Waals surface area (Å²) in [5, 5.41) is 3.32. The smallest absolute Gasteiger partial charge is 0.241 e. The molecule has 0 saturated heterocycles. The monoisotopic (exact) mass is 296 g/mol. The second-order valence-corrected chi connectivity index (χ2v) is 7.50. The Morgan fingerprint density at radius 1 is 1.25 bits per heavy atom. The number of sulfonamides is 1. The molecule has 1 aromatic rings. The van der Waals surface area contributed by atoms with Crippen molar-refractivity contribution < 1.29 is 8.42 Å². The average Bonchev–Trinajstić information content (AvgIpc) is 3.19. The standard InChI is InChI=1S/C15H24N2O2S/c1-11(2)17-20(18,19)15-7-5-4-6-13(15)10-14(16-3)12-8-9-12/h4-7,11-12,14,16-17H,8-10H2,1-3H3. The third-order valence-electron chi connectivity index (χ3n) is 3.65. The molecule has 0 radical (unpaired) electrons. The van der Waals surface area contributed by atoms with Gasteiger partial charge in [-0.2, -0.15) is 0 Å². The third kappa shape index (κ3) is 3.81. The van der Waals surface area contributed by atoms with Gasteiger partial charge in [0.25, 0.3) is 0 Å². The molecule has 1 aliphatic carbocycles. The quantitative estimate of drug-likeness (QED) is 0.808. The van der Waals surface area contributed by atoms with Crippen LogP contribution in [-0.2, 0) is 16.4 Å². The maximum Gasteiger partial charge on any atom is 0.241 e. The maximum atomic E-state index is 12.4. The van der Waals surface area contributed by atoms with Crippen LogP contribution in [0.2, 0.25) is 0 Å². The zero-order chi connectivity index (χ0) is 14.8. The number of nitrogens with one attached hydrogen (secondary N) is 2. The van der Waals surface area contributed by atoms with E-state index in [1.165, 1.54) is 12.8 Å². The first kappa shape index (κ1) is 15.5. The van der Waals surface area contributed by atoms with Crippen molar-refractivity contribution in [1.82, 2.24) is 10.0 Å². The molecule has 1 aromatic carbocycles. The van der Waals surface area contributed by atoms with Gasteiger partial charge < -0.3 is 5.32 Å². The van der Waals surface area contributed by atoms with Gasteiger partial charge in [-0.15, -0.1) is 0 Å². The van der Waals surface area contributed by atoms with E-state index in [-0.39, 0.29) is 6.04 Å². The lowest BCUT2D eigenvalue weighted by Crippen LogP contribution is -2.33. The lowest BCUT2D eigenvalue weighted by atomic mass is 10.0. The molecule has 0 aromatic heterocycles. The molecule has 112 valence electrons. The zero-order valence-electron chi connectivity index (χ0n) is 12.4. The predicted octanol–water partition coefficient (Wildman–Crippen LogP) is 1.91. The Bertz CT molecular complexity index is 551. The summed E-state index contributed by atoms with van der Waals surface area (Å²) in [5.41, 5.74) is 0.895. The maximum absolute atomic E-state index is 12.4. The van der Waals surface area contributed by atoms with Gasteiger partial charge in [-0.3, -0.25) is 0 Å². The predicted molar refractivity (Wildman–Crippen MR) is 81.2 cm³/mol. The van der Waals surface area contributed by atoms with E-state index in [1.54, 1.807) is 12.1 Å². The molecule has 1 fully saturated rings. The van der Waals surface area contributed by atoms with Crippen LogP contribution in [0.3, 0.4) is 0 Å². The van der Waals surface area contributed by atoms with Crippen molar-refractivity contribution in [1.29, 1.82) is 0 Å². The minimum Gasteiger partial charge on any atom is -0.316 e. The second kappa shape index (κ2) is 6.24. The van der Waals surface area contributed by atoms with Crippen molar-refractivity contribution in [2.45, 2.75) is 50.1 Å². The van der Waals surface area contributed by atoms with E-state index >= 15 is 0 Å². The Morgan fingerprint density at radius 3 is 2.45 bits per heavy atom. The molecule has 5 heteroatoms. The lowest BCUT2D eigenvalue weighted by Gasteiger charge is -2.18. The average molecular weight is 296 g/mol. The molecule has 0 amide bonds. The highest BCUT2D eigenvalue weighted by Gasteiger charge is 2.31. The van der Waals surface area contributed by atoms with E-state index in [4.69, 9.17) is 0 Å². The Morgan fingerprint density at radius 2 is 1.90 bits per heavy atom. The SMILES string of the molecule is CNC(Cc1ccccc1S(=O)(=O)NC(C)C)C1CC1. The van der Waals surface area contributed by atoms with Crippen molar-refractivity contribution in [3.8, 4) is 0 Å². The molecular formula is C15H24N2O2S. The molecule has 1 saturated carbocycles. The molecule has 0 heterocycles. The van der Waals surface area contributed by atoms with E-state index < -0.39 is 10.0 Å². The summed E-state index contributed by atoms with van der Waals surface area (Å²) in [6, 6.07) is 7.57. The fraction of sp³-hybridized carbons (Fsp3) is 0.600. The molecule has 4 nitrogen and oxygen atoms in total. The van der Waals surface area contributed by atoms with E-state index in [1.807, 2.05) is 33.0 Å². The lowest BCUT2D eigenvalue weighted by molar-refractivity contribution is 0.496. The van der Waals surface area contributed by atoms with Gasteiger partial charge >= 0.3 is 0 Å². The van der Waals surface area contributed by atoms with Gasteiger partial charge in [0.05, 0.1) is 4.90 Å². The summed E-state index contributed by atoms with van der Waals surface area (Å²) in [5.74, 6) is 0.689. The molecule has 0 spiro atoms. The summed E-state index contributed by atoms with van der Waals surface area (Å²) in [6.45, 7) is 3.67. The van der Waals surface area contributed by atoms with Crippen LogP contribution in [0.4, 0.5) is 0 Å². The number of hydrogen-bond donors (Lipinski definition) is 2. The molecule has 2 N–H and O–H groups in total. The number of benzene rings is 1. The summed E-state index contributed by atoms with van der Waals surface area (Å²) in [7, 11) is -1.48. The minimum absolute atomic E-state index is 0.100. The van der Waals surface area contributed by atoms with Gasteiger partial charge in [0.1, 0.15) is 0 Å². The Hall–Kier alpha value is -0.910. The van der Waals surface area contributed by atoms with E-state index in [0.29, 0.717) is 16.9 Å². The molecule has 0 bridgehead atoms. The van der Waals surface area contributed by atoms with Crippen molar-refractivity contribution >= 4 is 10.0 Å². The first-order valence-corrected chi connectivity index (χ1v) is 8.70. The highest BCUT2D eigenvalue weighted by atomic mass is 32.2. The highest BCUT2D eigenvalue weighted by molar-refractivity contribution is 7.89. The van der Waals surface area contributed by atoms with Gasteiger partial charge in [0.15, 0.2) is 0 Å². The van der Waals surface area contributed by atoms with E-state index in [2.05, 4.69) is 10.0 Å². The Kier molecular flexibility index (Phi) is 4.83. The number of hydrogen-bond acceptors (Lipinski definition) is 3. The number of likely N-dealkylation sites (N-methyl/N-ethyl adjacent to an activating group) is 1. The molecule has 2 rings (SSSR count). The summed E-state index contributed by atoms with van der Waals surface area (Å²) >= 11 is 0. The third-order valence-corrected chi connectivity index (χ3v) is 5.41. The molecule has 1 atom stereocenters. The molecule has 1 unspecified atom stereocenters. The fourth-order valence-electron chi connectivity index (χ4n) is 2.55. The van der Waals surface area contributed by atoms with Crippen LogP contribution < -0.4 is 10.0 Å². The van der Waals surface area contributed by atoms with Gasteiger partial charge in [-0.1, -0.05) is 18.2 Å². The Balaban J connectivity index is 2.25. The van der Waals surface area contributed by atoms with Crippen LogP contribution in [0.25, 0.3) is 0 Å². The molecule has 1 aliphatic rings. The van der Waals surface area contributed by atoms with Crippen LogP contribution in [-0.4, -0.2) is 27.5 Å². The first-order valence-electron chi connectivity index (χ1n) is 7.21. The molecule has 0 aliphatic heterocycles. The van der Waals surface area contributed by atoms with Crippen LogP contribution in [0.5, 0.6) is 0 Å². The normalized spacial score (nSPS) is 17.4. The topological polar surface area (TPSA) is 58.2 Å². The second-order valence-electron chi connectivity index (χ2n) is 5.82. The largest absolute Gasteiger partial charge is 0.316 e. The van der Waals surface area contributed by atoms with Gasteiger partial charge in [-0.05, 0) is 57.7 Å². The van der Waals surface area contributed by atoms with Crippen LogP contribution in [0.1, 0.15) is 32.3 Å². The van der Waals surface area contributed by atoms with Crippen molar-refractivity contribution in [3.05, 3.63) is 29.8 Å².